The van der Waals surface area contributed by atoms with Gasteiger partial charge in [0.05, 0.1) is 23.3 Å². The first-order valence-corrected chi connectivity index (χ1v) is 14.3. The second kappa shape index (κ2) is 11.7. The van der Waals surface area contributed by atoms with E-state index in [2.05, 4.69) is 39.7 Å². The smallest absolute Gasteiger partial charge is 0.251 e. The number of hydrogen-bond donors (Lipinski definition) is 3. The largest absolute Gasteiger partial charge is 0.389 e. The van der Waals surface area contributed by atoms with E-state index in [4.69, 9.17) is 11.6 Å². The number of rotatable bonds is 9. The van der Waals surface area contributed by atoms with Crippen LogP contribution >= 0.6 is 23.5 Å². The molecule has 0 aliphatic carbocycles. The highest BCUT2D eigenvalue weighted by Crippen LogP contribution is 2.38. The maximum atomic E-state index is 13.7. The Hall–Kier alpha value is -3.13. The van der Waals surface area contributed by atoms with Crippen LogP contribution in [0.5, 0.6) is 0 Å². The molecule has 1 aliphatic rings. The van der Waals surface area contributed by atoms with Gasteiger partial charge in [-0.15, -0.1) is 0 Å². The molecule has 2 atom stereocenters. The summed E-state index contributed by atoms with van der Waals surface area (Å²) in [5, 5.41) is 19.5. The van der Waals surface area contributed by atoms with Gasteiger partial charge in [-0.2, -0.15) is 0 Å². The molecule has 3 aromatic carbocycles. The lowest BCUT2D eigenvalue weighted by Gasteiger charge is -2.26. The number of carbonyl (C=O) groups excluding carboxylic acids is 1. The fraction of sp³-hybridized carbons (Fsp3) is 0.300. The highest BCUT2D eigenvalue weighted by atomic mass is 35.5. The fourth-order valence-corrected chi connectivity index (χ4v) is 6.01. The van der Waals surface area contributed by atoms with Crippen LogP contribution in [-0.2, 0) is 19.4 Å². The molecule has 1 aromatic heterocycles. The molecule has 5 rings (SSSR count). The van der Waals surface area contributed by atoms with E-state index >= 15 is 0 Å². The Labute approximate surface area is 233 Å². The molecule has 198 valence electrons. The topological polar surface area (TPSA) is 69.5 Å². The van der Waals surface area contributed by atoms with Gasteiger partial charge < -0.3 is 24.6 Å². The zero-order valence-corrected chi connectivity index (χ0v) is 23.2. The molecule has 38 heavy (non-hydrogen) atoms. The molecule has 1 amide bonds. The Morgan fingerprint density at radius 2 is 1.89 bits per heavy atom. The number of carbonyl (C=O) groups is 1. The maximum Gasteiger partial charge on any atom is 0.251 e. The van der Waals surface area contributed by atoms with Crippen LogP contribution in [0.2, 0.25) is 5.02 Å². The number of hydrogen-bond acceptors (Lipinski definition) is 5. The van der Waals surface area contributed by atoms with E-state index in [1.54, 1.807) is 24.1 Å². The Kier molecular flexibility index (Phi) is 8.17. The second-order valence-electron chi connectivity index (χ2n) is 9.64. The van der Waals surface area contributed by atoms with Crippen LogP contribution in [-0.4, -0.2) is 47.1 Å². The van der Waals surface area contributed by atoms with Crippen LogP contribution < -0.4 is 14.9 Å². The number of amides is 1. The maximum absolute atomic E-state index is 13.7. The number of aliphatic hydroxyl groups is 1. The van der Waals surface area contributed by atoms with Crippen LogP contribution in [0.4, 0.5) is 11.4 Å². The molecule has 0 radical (unpaired) electrons. The van der Waals surface area contributed by atoms with Crippen molar-refractivity contribution >= 4 is 51.7 Å². The molecule has 0 fully saturated rings. The highest BCUT2D eigenvalue weighted by Gasteiger charge is 2.25. The summed E-state index contributed by atoms with van der Waals surface area (Å²) >= 11 is 7.77. The third-order valence-electron chi connectivity index (χ3n) is 7.08. The van der Waals surface area contributed by atoms with Gasteiger partial charge in [0.15, 0.2) is 0 Å². The molecule has 0 saturated heterocycles. The molecule has 1 aliphatic heterocycles. The van der Waals surface area contributed by atoms with Gasteiger partial charge in [0.25, 0.3) is 5.91 Å². The van der Waals surface area contributed by atoms with Crippen LogP contribution in [0.15, 0.2) is 72.9 Å². The summed E-state index contributed by atoms with van der Waals surface area (Å²) in [7, 11) is 2.06. The van der Waals surface area contributed by atoms with Gasteiger partial charge in [-0.05, 0) is 79.2 Å². The number of aliphatic hydroxyl groups excluding tert-OH is 1. The van der Waals surface area contributed by atoms with Crippen molar-refractivity contribution in [3.05, 3.63) is 94.6 Å². The molecule has 8 heteroatoms. The van der Waals surface area contributed by atoms with Gasteiger partial charge in [-0.3, -0.25) is 4.79 Å². The summed E-state index contributed by atoms with van der Waals surface area (Å²) in [6, 6.07) is 20.8. The SMILES string of the molecule is CCn1cc2c3c(cc(C(=O)N[C@@H](Cc4ccccc4)[C@H](O)CNc4ccc(Cl)cc4)cc31)N(C)SCC2. The van der Waals surface area contributed by atoms with E-state index in [-0.39, 0.29) is 12.5 Å². The lowest BCUT2D eigenvalue weighted by atomic mass is 10.00. The minimum Gasteiger partial charge on any atom is -0.389 e. The molecule has 0 spiro atoms. The van der Waals surface area contributed by atoms with E-state index in [0.717, 1.165) is 41.2 Å². The van der Waals surface area contributed by atoms with E-state index in [1.807, 2.05) is 54.6 Å². The summed E-state index contributed by atoms with van der Waals surface area (Å²) in [6.07, 6.45) is 2.92. The molecule has 4 aromatic rings. The number of benzene rings is 3. The van der Waals surface area contributed by atoms with E-state index in [1.165, 1.54) is 10.9 Å². The Balaban J connectivity index is 1.41. The van der Waals surface area contributed by atoms with Crippen LogP contribution in [0, 0.1) is 0 Å². The first kappa shape index (κ1) is 26.5. The van der Waals surface area contributed by atoms with Crippen molar-refractivity contribution in [2.75, 3.05) is 29.0 Å². The third kappa shape index (κ3) is 5.80. The predicted molar refractivity (Wildman–Crippen MR) is 160 cm³/mol. The molecule has 0 unspecified atom stereocenters. The molecule has 6 nitrogen and oxygen atoms in total. The van der Waals surface area contributed by atoms with Crippen molar-refractivity contribution in [3.63, 3.8) is 0 Å². The summed E-state index contributed by atoms with van der Waals surface area (Å²) in [6.45, 7) is 3.24. The van der Waals surface area contributed by atoms with Crippen molar-refractivity contribution in [1.29, 1.82) is 0 Å². The Morgan fingerprint density at radius 3 is 2.63 bits per heavy atom. The van der Waals surface area contributed by atoms with Crippen molar-refractivity contribution < 1.29 is 9.90 Å². The number of aromatic nitrogens is 1. The zero-order valence-electron chi connectivity index (χ0n) is 21.7. The zero-order chi connectivity index (χ0) is 26.6. The minimum atomic E-state index is -0.815. The standard InChI is InChI=1S/C30H33ClN4O2S/c1-3-35-19-21-13-14-38-34(2)26-16-22(17-27(35)29(21)26)30(37)33-25(15-20-7-5-4-6-8-20)28(36)18-32-24-11-9-23(31)10-12-24/h4-12,16-17,19,25,28,32,36H,3,13-15,18H2,1-2H3,(H,33,37)/t25-,28+/m0/s1. The molecule has 0 bridgehead atoms. The number of anilines is 2. The van der Waals surface area contributed by atoms with Crippen molar-refractivity contribution in [1.82, 2.24) is 9.88 Å². The molecule has 3 N–H and O–H groups in total. The fourth-order valence-electron chi connectivity index (χ4n) is 5.02. The Bertz CT molecular complexity index is 1410. The van der Waals surface area contributed by atoms with Gasteiger partial charge in [0, 0.05) is 53.7 Å². The monoisotopic (exact) mass is 548 g/mol. The average Bonchev–Trinajstić information content (AvgIpc) is 3.21. The van der Waals surface area contributed by atoms with Crippen molar-refractivity contribution in [2.24, 2.45) is 0 Å². The molecule has 2 heterocycles. The van der Waals surface area contributed by atoms with Crippen LogP contribution in [0.25, 0.3) is 10.9 Å². The van der Waals surface area contributed by atoms with Gasteiger partial charge >= 0.3 is 0 Å². The predicted octanol–water partition coefficient (Wildman–Crippen LogP) is 5.77. The number of aryl methyl sites for hydroxylation is 2. The third-order valence-corrected chi connectivity index (χ3v) is 8.30. The summed E-state index contributed by atoms with van der Waals surface area (Å²) in [5.74, 6) is 0.810. The second-order valence-corrected chi connectivity index (χ2v) is 11.3. The van der Waals surface area contributed by atoms with Gasteiger partial charge in [-0.1, -0.05) is 41.9 Å². The Morgan fingerprint density at radius 1 is 1.13 bits per heavy atom. The van der Waals surface area contributed by atoms with E-state index < -0.39 is 12.1 Å². The number of nitrogens with one attached hydrogen (secondary N) is 2. The lowest BCUT2D eigenvalue weighted by Crippen LogP contribution is -2.47. The molecular formula is C30H33ClN4O2S. The van der Waals surface area contributed by atoms with Crippen LogP contribution in [0.3, 0.4) is 0 Å². The van der Waals surface area contributed by atoms with Gasteiger partial charge in [0.1, 0.15) is 0 Å². The van der Waals surface area contributed by atoms with E-state index in [0.29, 0.717) is 17.0 Å². The minimum absolute atomic E-state index is 0.192. The summed E-state index contributed by atoms with van der Waals surface area (Å²) < 4.78 is 4.39. The van der Waals surface area contributed by atoms with Gasteiger partial charge in [-0.25, -0.2) is 0 Å². The van der Waals surface area contributed by atoms with Crippen molar-refractivity contribution in [3.8, 4) is 0 Å². The highest BCUT2D eigenvalue weighted by molar-refractivity contribution is 8.00. The molecule has 0 saturated carbocycles. The molecular weight excluding hydrogens is 516 g/mol. The number of nitrogens with zero attached hydrogens (tertiary/aromatic N) is 2. The van der Waals surface area contributed by atoms with Crippen molar-refractivity contribution in [2.45, 2.75) is 38.5 Å². The summed E-state index contributed by atoms with van der Waals surface area (Å²) in [4.78, 5) is 13.7. The van der Waals surface area contributed by atoms with Gasteiger partial charge in [0.2, 0.25) is 0 Å². The van der Waals surface area contributed by atoms with E-state index in [9.17, 15) is 9.90 Å². The first-order chi connectivity index (χ1) is 18.4. The summed E-state index contributed by atoms with van der Waals surface area (Å²) in [5.41, 5.74) is 5.95. The lowest BCUT2D eigenvalue weighted by molar-refractivity contribution is 0.0851. The average molecular weight is 549 g/mol. The quantitative estimate of drug-likeness (QED) is 0.232. The number of halogens is 1. The first-order valence-electron chi connectivity index (χ1n) is 13.0. The van der Waals surface area contributed by atoms with Crippen LogP contribution in [0.1, 0.15) is 28.4 Å². The normalized spacial score (nSPS) is 14.7.